The number of hydrazine groups is 1. The highest BCUT2D eigenvalue weighted by atomic mass is 32.1. The number of carbonyl (C=O) groups is 1. The van der Waals surface area contributed by atoms with Gasteiger partial charge >= 0.3 is 0 Å². The number of hydrogen-bond donors (Lipinski definition) is 3. The lowest BCUT2D eigenvalue weighted by Gasteiger charge is -2.15. The molecule has 138 valence electrons. The molecule has 3 N–H and O–H groups in total. The van der Waals surface area contributed by atoms with Gasteiger partial charge in [0, 0.05) is 24.4 Å². The Morgan fingerprint density at radius 1 is 1.19 bits per heavy atom. The fraction of sp³-hybridized carbons (Fsp3) is 0.444. The molecule has 0 saturated heterocycles. The summed E-state index contributed by atoms with van der Waals surface area (Å²) in [6, 6.07) is 8.25. The Bertz CT molecular complexity index is 753. The fourth-order valence-electron chi connectivity index (χ4n) is 2.87. The number of carbonyl (C=O) groups excluding carboxylic acids is 1. The van der Waals surface area contributed by atoms with Crippen molar-refractivity contribution >= 4 is 23.2 Å². The van der Waals surface area contributed by atoms with Crippen LogP contribution in [0, 0.1) is 6.92 Å². The molecular weight excluding hydrogens is 350 g/mol. The van der Waals surface area contributed by atoms with Crippen molar-refractivity contribution < 1.29 is 9.21 Å². The van der Waals surface area contributed by atoms with Gasteiger partial charge in [0.05, 0.1) is 0 Å². The first-order valence-electron chi connectivity index (χ1n) is 8.85. The molecule has 1 aliphatic carbocycles. The summed E-state index contributed by atoms with van der Waals surface area (Å²) >= 11 is 5.18. The molecule has 3 rings (SSSR count). The molecule has 0 bridgehead atoms. The van der Waals surface area contributed by atoms with Gasteiger partial charge in [-0.3, -0.25) is 15.6 Å². The number of nitrogens with zero attached hydrogens (tertiary/aromatic N) is 2. The highest BCUT2D eigenvalue weighted by Gasteiger charge is 2.16. The first-order chi connectivity index (χ1) is 12.6. The van der Waals surface area contributed by atoms with E-state index in [-0.39, 0.29) is 12.3 Å². The van der Waals surface area contributed by atoms with Crippen molar-refractivity contribution in [3.8, 4) is 11.5 Å². The Labute approximate surface area is 157 Å². The summed E-state index contributed by atoms with van der Waals surface area (Å²) in [7, 11) is 0. The van der Waals surface area contributed by atoms with Gasteiger partial charge in [0.15, 0.2) is 5.11 Å². The number of amides is 1. The predicted octanol–water partition coefficient (Wildman–Crippen LogP) is 2.42. The maximum atomic E-state index is 11.9. The van der Waals surface area contributed by atoms with E-state index >= 15 is 0 Å². The van der Waals surface area contributed by atoms with Crippen LogP contribution in [0.3, 0.4) is 0 Å². The second-order valence-corrected chi connectivity index (χ2v) is 6.90. The Morgan fingerprint density at radius 2 is 1.92 bits per heavy atom. The maximum Gasteiger partial charge on any atom is 0.247 e. The quantitative estimate of drug-likeness (QED) is 0.547. The Balaban J connectivity index is 1.40. The van der Waals surface area contributed by atoms with E-state index in [0.717, 1.165) is 24.0 Å². The molecule has 1 aromatic heterocycles. The van der Waals surface area contributed by atoms with Crippen LogP contribution in [0.4, 0.5) is 0 Å². The second-order valence-electron chi connectivity index (χ2n) is 6.49. The zero-order chi connectivity index (χ0) is 18.4. The zero-order valence-electron chi connectivity index (χ0n) is 14.7. The molecule has 7 nitrogen and oxygen atoms in total. The van der Waals surface area contributed by atoms with Gasteiger partial charge in [-0.1, -0.05) is 30.5 Å². The largest absolute Gasteiger partial charge is 0.421 e. The third-order valence-electron chi connectivity index (χ3n) is 4.34. The summed E-state index contributed by atoms with van der Waals surface area (Å²) < 4.78 is 5.61. The Hall–Kier alpha value is -2.48. The highest BCUT2D eigenvalue weighted by Crippen LogP contribution is 2.19. The lowest BCUT2D eigenvalue weighted by Crippen LogP contribution is -2.49. The monoisotopic (exact) mass is 373 g/mol. The van der Waals surface area contributed by atoms with Gasteiger partial charge < -0.3 is 9.73 Å². The summed E-state index contributed by atoms with van der Waals surface area (Å²) in [5.41, 5.74) is 7.35. The number of aromatic nitrogens is 2. The molecule has 0 spiro atoms. The van der Waals surface area contributed by atoms with Crippen LogP contribution in [0.2, 0.25) is 0 Å². The normalized spacial score (nSPS) is 14.2. The van der Waals surface area contributed by atoms with E-state index in [1.807, 2.05) is 31.2 Å². The van der Waals surface area contributed by atoms with Crippen LogP contribution < -0.4 is 16.2 Å². The number of rotatable bonds is 5. The standard InChI is InChI=1S/C18H23N5O2S/c1-12-6-8-13(9-7-12)17-22-21-16(25-17)11-10-15(24)20-23-18(26)19-14-4-2-3-5-14/h6-9,14H,2-5,10-11H2,1H3,(H,20,24)(H2,19,23,26). The van der Waals surface area contributed by atoms with E-state index in [2.05, 4.69) is 26.4 Å². The number of aryl methyl sites for hydroxylation is 2. The van der Waals surface area contributed by atoms with Crippen LogP contribution in [0.5, 0.6) is 0 Å². The first kappa shape index (κ1) is 18.3. The van der Waals surface area contributed by atoms with Gasteiger partial charge in [0.25, 0.3) is 0 Å². The molecule has 1 aliphatic rings. The van der Waals surface area contributed by atoms with E-state index in [0.29, 0.717) is 29.4 Å². The van der Waals surface area contributed by atoms with Crippen LogP contribution in [0.1, 0.15) is 43.6 Å². The number of thiocarbonyl (C=S) groups is 1. The van der Waals surface area contributed by atoms with Gasteiger partial charge in [0.2, 0.25) is 17.7 Å². The zero-order valence-corrected chi connectivity index (χ0v) is 15.6. The first-order valence-corrected chi connectivity index (χ1v) is 9.26. The van der Waals surface area contributed by atoms with Crippen molar-refractivity contribution in [1.82, 2.24) is 26.4 Å². The lowest BCUT2D eigenvalue weighted by atomic mass is 10.1. The van der Waals surface area contributed by atoms with Crippen LogP contribution in [0.15, 0.2) is 28.7 Å². The molecule has 26 heavy (non-hydrogen) atoms. The number of hydrogen-bond acceptors (Lipinski definition) is 5. The minimum Gasteiger partial charge on any atom is -0.421 e. The summed E-state index contributed by atoms with van der Waals surface area (Å²) in [6.45, 7) is 2.02. The molecule has 0 radical (unpaired) electrons. The third-order valence-corrected chi connectivity index (χ3v) is 4.56. The van der Waals surface area contributed by atoms with Crippen molar-refractivity contribution in [2.24, 2.45) is 0 Å². The Morgan fingerprint density at radius 3 is 2.65 bits per heavy atom. The van der Waals surface area contributed by atoms with E-state index in [1.54, 1.807) is 0 Å². The SMILES string of the molecule is Cc1ccc(-c2nnc(CCC(=O)NNC(=S)NC3CCCC3)o2)cc1. The van der Waals surface area contributed by atoms with Crippen molar-refractivity contribution in [2.75, 3.05) is 0 Å². The van der Waals surface area contributed by atoms with Crippen LogP contribution in [0.25, 0.3) is 11.5 Å². The average molecular weight is 373 g/mol. The molecule has 1 aromatic carbocycles. The predicted molar refractivity (Wildman–Crippen MR) is 102 cm³/mol. The molecule has 8 heteroatoms. The second kappa shape index (κ2) is 8.75. The lowest BCUT2D eigenvalue weighted by molar-refractivity contribution is -0.121. The van der Waals surface area contributed by atoms with Crippen LogP contribution >= 0.6 is 12.2 Å². The van der Waals surface area contributed by atoms with E-state index in [4.69, 9.17) is 16.6 Å². The van der Waals surface area contributed by atoms with E-state index < -0.39 is 0 Å². The van der Waals surface area contributed by atoms with Gasteiger partial charge in [-0.15, -0.1) is 10.2 Å². The Kier molecular flexibility index (Phi) is 6.17. The molecule has 0 aliphatic heterocycles. The molecule has 2 aromatic rings. The smallest absolute Gasteiger partial charge is 0.247 e. The topological polar surface area (TPSA) is 92.1 Å². The van der Waals surface area contributed by atoms with Crippen molar-refractivity contribution in [1.29, 1.82) is 0 Å². The third kappa shape index (κ3) is 5.26. The molecule has 1 amide bonds. The van der Waals surface area contributed by atoms with E-state index in [9.17, 15) is 4.79 Å². The molecule has 0 unspecified atom stereocenters. The average Bonchev–Trinajstić information content (AvgIpc) is 3.31. The molecule has 1 heterocycles. The van der Waals surface area contributed by atoms with Gasteiger partial charge in [-0.05, 0) is 44.1 Å². The molecular formula is C18H23N5O2S. The summed E-state index contributed by atoms with van der Waals surface area (Å²) in [6.07, 6.45) is 5.29. The van der Waals surface area contributed by atoms with Crippen LogP contribution in [-0.2, 0) is 11.2 Å². The van der Waals surface area contributed by atoms with Gasteiger partial charge in [0.1, 0.15) is 0 Å². The van der Waals surface area contributed by atoms with Crippen LogP contribution in [-0.4, -0.2) is 27.3 Å². The fourth-order valence-corrected chi connectivity index (χ4v) is 3.09. The molecule has 0 atom stereocenters. The van der Waals surface area contributed by atoms with Gasteiger partial charge in [-0.25, -0.2) is 0 Å². The number of benzene rings is 1. The highest BCUT2D eigenvalue weighted by molar-refractivity contribution is 7.80. The summed E-state index contributed by atoms with van der Waals surface area (Å²) in [5.74, 6) is 0.707. The van der Waals surface area contributed by atoms with Crippen molar-refractivity contribution in [3.63, 3.8) is 0 Å². The van der Waals surface area contributed by atoms with E-state index in [1.165, 1.54) is 12.8 Å². The minimum atomic E-state index is -0.185. The maximum absolute atomic E-state index is 11.9. The summed E-state index contributed by atoms with van der Waals surface area (Å²) in [4.78, 5) is 11.9. The summed E-state index contributed by atoms with van der Waals surface area (Å²) in [5, 5.41) is 11.7. The van der Waals surface area contributed by atoms with Gasteiger partial charge in [-0.2, -0.15) is 0 Å². The van der Waals surface area contributed by atoms with Crippen molar-refractivity contribution in [3.05, 3.63) is 35.7 Å². The number of nitrogens with one attached hydrogen (secondary N) is 3. The molecule has 1 fully saturated rings. The minimum absolute atomic E-state index is 0.185. The van der Waals surface area contributed by atoms with Crippen molar-refractivity contribution in [2.45, 2.75) is 51.5 Å². The molecule has 1 saturated carbocycles.